The molecule has 0 aliphatic heterocycles. The molecule has 0 aliphatic rings. The SMILES string of the molecule is CCc1ccc(N(C)c2ccccc2)cc1. The quantitative estimate of drug-likeness (QED) is 0.741. The molecule has 0 aliphatic carbocycles. The number of aryl methyl sites for hydroxylation is 1. The lowest BCUT2D eigenvalue weighted by Crippen LogP contribution is -2.08. The monoisotopic (exact) mass is 211 g/mol. The van der Waals surface area contributed by atoms with E-state index in [1.165, 1.54) is 16.9 Å². The summed E-state index contributed by atoms with van der Waals surface area (Å²) in [5, 5.41) is 0. The Morgan fingerprint density at radius 1 is 0.812 bits per heavy atom. The van der Waals surface area contributed by atoms with E-state index in [2.05, 4.69) is 67.4 Å². The third-order valence-corrected chi connectivity index (χ3v) is 2.88. The second-order valence-corrected chi connectivity index (χ2v) is 3.91. The molecule has 0 saturated heterocycles. The minimum absolute atomic E-state index is 1.09. The molecular weight excluding hydrogens is 194 g/mol. The predicted molar refractivity (Wildman–Crippen MR) is 70.3 cm³/mol. The minimum Gasteiger partial charge on any atom is -0.345 e. The Kier molecular flexibility index (Phi) is 3.25. The molecule has 2 aromatic carbocycles. The fraction of sp³-hybridized carbons (Fsp3) is 0.200. The minimum atomic E-state index is 1.09. The van der Waals surface area contributed by atoms with Crippen molar-refractivity contribution >= 4 is 11.4 Å². The molecule has 0 unspecified atom stereocenters. The van der Waals surface area contributed by atoms with Gasteiger partial charge >= 0.3 is 0 Å². The normalized spacial score (nSPS) is 10.1. The van der Waals surface area contributed by atoms with Crippen LogP contribution in [0.5, 0.6) is 0 Å². The van der Waals surface area contributed by atoms with E-state index >= 15 is 0 Å². The number of hydrogen-bond acceptors (Lipinski definition) is 1. The number of hydrogen-bond donors (Lipinski definition) is 0. The van der Waals surface area contributed by atoms with Gasteiger partial charge in [0.05, 0.1) is 0 Å². The summed E-state index contributed by atoms with van der Waals surface area (Å²) in [6.45, 7) is 2.18. The zero-order valence-corrected chi connectivity index (χ0v) is 9.85. The fourth-order valence-electron chi connectivity index (χ4n) is 1.76. The lowest BCUT2D eigenvalue weighted by atomic mass is 10.1. The Labute approximate surface area is 97.3 Å². The van der Waals surface area contributed by atoms with Crippen molar-refractivity contribution in [2.75, 3.05) is 11.9 Å². The first-order valence-corrected chi connectivity index (χ1v) is 5.69. The largest absolute Gasteiger partial charge is 0.345 e. The highest BCUT2D eigenvalue weighted by molar-refractivity contribution is 5.62. The second-order valence-electron chi connectivity index (χ2n) is 3.91. The first-order chi connectivity index (χ1) is 7.81. The smallest absolute Gasteiger partial charge is 0.0408 e. The average Bonchev–Trinajstić information content (AvgIpc) is 2.39. The maximum atomic E-state index is 2.19. The molecule has 1 heteroatoms. The predicted octanol–water partition coefficient (Wildman–Crippen LogP) is 4.02. The highest BCUT2D eigenvalue weighted by Crippen LogP contribution is 2.23. The number of rotatable bonds is 3. The van der Waals surface area contributed by atoms with Gasteiger partial charge in [0, 0.05) is 18.4 Å². The van der Waals surface area contributed by atoms with Crippen LogP contribution in [0.1, 0.15) is 12.5 Å². The zero-order valence-electron chi connectivity index (χ0n) is 9.85. The number of benzene rings is 2. The lowest BCUT2D eigenvalue weighted by molar-refractivity contribution is 1.13. The van der Waals surface area contributed by atoms with Gasteiger partial charge in [-0.1, -0.05) is 37.3 Å². The fourth-order valence-corrected chi connectivity index (χ4v) is 1.76. The molecule has 0 heterocycles. The van der Waals surface area contributed by atoms with E-state index in [9.17, 15) is 0 Å². The van der Waals surface area contributed by atoms with Crippen LogP contribution in [0.2, 0.25) is 0 Å². The van der Waals surface area contributed by atoms with Gasteiger partial charge in [0.25, 0.3) is 0 Å². The van der Waals surface area contributed by atoms with Crippen LogP contribution in [-0.2, 0) is 6.42 Å². The van der Waals surface area contributed by atoms with Crippen LogP contribution in [0.3, 0.4) is 0 Å². The van der Waals surface area contributed by atoms with Crippen molar-refractivity contribution in [3.63, 3.8) is 0 Å². The van der Waals surface area contributed by atoms with Crippen molar-refractivity contribution in [1.29, 1.82) is 0 Å². The number of nitrogens with zero attached hydrogens (tertiary/aromatic N) is 1. The average molecular weight is 211 g/mol. The zero-order chi connectivity index (χ0) is 11.4. The van der Waals surface area contributed by atoms with Crippen molar-refractivity contribution in [1.82, 2.24) is 0 Å². The van der Waals surface area contributed by atoms with E-state index in [0.29, 0.717) is 0 Å². The number of anilines is 2. The molecule has 0 spiro atoms. The Hall–Kier alpha value is -1.76. The van der Waals surface area contributed by atoms with Crippen molar-refractivity contribution in [3.8, 4) is 0 Å². The highest BCUT2D eigenvalue weighted by atomic mass is 15.1. The molecule has 0 aromatic heterocycles. The van der Waals surface area contributed by atoms with Crippen LogP contribution >= 0.6 is 0 Å². The Bertz CT molecular complexity index is 431. The van der Waals surface area contributed by atoms with Crippen LogP contribution in [0.15, 0.2) is 54.6 Å². The maximum Gasteiger partial charge on any atom is 0.0408 e. The van der Waals surface area contributed by atoms with Gasteiger partial charge < -0.3 is 4.90 Å². The van der Waals surface area contributed by atoms with E-state index in [1.807, 2.05) is 6.07 Å². The second kappa shape index (κ2) is 4.84. The van der Waals surface area contributed by atoms with Crippen LogP contribution in [-0.4, -0.2) is 7.05 Å². The van der Waals surface area contributed by atoms with Crippen LogP contribution in [0.4, 0.5) is 11.4 Å². The Morgan fingerprint density at radius 2 is 1.38 bits per heavy atom. The van der Waals surface area contributed by atoms with E-state index in [-0.39, 0.29) is 0 Å². The Morgan fingerprint density at radius 3 is 1.94 bits per heavy atom. The van der Waals surface area contributed by atoms with E-state index < -0.39 is 0 Å². The van der Waals surface area contributed by atoms with Gasteiger partial charge in [0.15, 0.2) is 0 Å². The van der Waals surface area contributed by atoms with E-state index in [0.717, 1.165) is 6.42 Å². The Balaban J connectivity index is 2.24. The summed E-state index contributed by atoms with van der Waals surface area (Å²) in [6, 6.07) is 19.1. The van der Waals surface area contributed by atoms with Crippen molar-refractivity contribution in [2.24, 2.45) is 0 Å². The third kappa shape index (κ3) is 2.25. The molecule has 0 N–H and O–H groups in total. The molecule has 0 amide bonds. The summed E-state index contributed by atoms with van der Waals surface area (Å²) in [5.74, 6) is 0. The first kappa shape index (κ1) is 10.7. The molecular formula is C15H17N. The molecule has 0 saturated carbocycles. The van der Waals surface area contributed by atoms with Gasteiger partial charge in [-0.25, -0.2) is 0 Å². The number of para-hydroxylation sites is 1. The molecule has 0 fully saturated rings. The molecule has 2 rings (SSSR count). The standard InChI is InChI=1S/C15H17N/c1-3-13-9-11-15(12-10-13)16(2)14-7-5-4-6-8-14/h4-12H,3H2,1-2H3. The maximum absolute atomic E-state index is 2.19. The first-order valence-electron chi connectivity index (χ1n) is 5.69. The topological polar surface area (TPSA) is 3.24 Å². The molecule has 0 radical (unpaired) electrons. The summed E-state index contributed by atoms with van der Waals surface area (Å²) < 4.78 is 0. The van der Waals surface area contributed by atoms with E-state index in [4.69, 9.17) is 0 Å². The van der Waals surface area contributed by atoms with Crippen molar-refractivity contribution in [3.05, 3.63) is 60.2 Å². The van der Waals surface area contributed by atoms with Gasteiger partial charge in [0.1, 0.15) is 0 Å². The summed E-state index contributed by atoms with van der Waals surface area (Å²) in [6.07, 6.45) is 1.09. The molecule has 16 heavy (non-hydrogen) atoms. The summed E-state index contributed by atoms with van der Waals surface area (Å²) in [7, 11) is 2.09. The summed E-state index contributed by atoms with van der Waals surface area (Å²) in [4.78, 5) is 2.19. The van der Waals surface area contributed by atoms with Crippen LogP contribution in [0.25, 0.3) is 0 Å². The summed E-state index contributed by atoms with van der Waals surface area (Å²) in [5.41, 5.74) is 3.82. The van der Waals surface area contributed by atoms with Gasteiger partial charge in [-0.05, 0) is 36.2 Å². The molecule has 82 valence electrons. The van der Waals surface area contributed by atoms with E-state index in [1.54, 1.807) is 0 Å². The van der Waals surface area contributed by atoms with Gasteiger partial charge in [-0.15, -0.1) is 0 Å². The third-order valence-electron chi connectivity index (χ3n) is 2.88. The molecule has 1 nitrogen and oxygen atoms in total. The van der Waals surface area contributed by atoms with Crippen LogP contribution < -0.4 is 4.90 Å². The van der Waals surface area contributed by atoms with Gasteiger partial charge in [-0.3, -0.25) is 0 Å². The lowest BCUT2D eigenvalue weighted by Gasteiger charge is -2.19. The molecule has 2 aromatic rings. The summed E-state index contributed by atoms with van der Waals surface area (Å²) >= 11 is 0. The van der Waals surface area contributed by atoms with Crippen molar-refractivity contribution in [2.45, 2.75) is 13.3 Å². The van der Waals surface area contributed by atoms with Gasteiger partial charge in [0.2, 0.25) is 0 Å². The highest BCUT2D eigenvalue weighted by Gasteiger charge is 2.02. The van der Waals surface area contributed by atoms with Crippen LogP contribution in [0, 0.1) is 0 Å². The van der Waals surface area contributed by atoms with Gasteiger partial charge in [-0.2, -0.15) is 0 Å². The molecule has 0 bridgehead atoms. The van der Waals surface area contributed by atoms with Crippen molar-refractivity contribution < 1.29 is 0 Å². The molecule has 0 atom stereocenters.